The van der Waals surface area contributed by atoms with E-state index < -0.39 is 0 Å². The maximum atomic E-state index is 2.46. The molecule has 0 spiro atoms. The van der Waals surface area contributed by atoms with Crippen LogP contribution in [-0.2, 0) is 16.2 Å². The molecule has 0 atom stereocenters. The lowest BCUT2D eigenvalue weighted by Crippen LogP contribution is -2.15. The average Bonchev–Trinajstić information content (AvgIpc) is 3.57. The minimum Gasteiger partial charge on any atom is -0.0619 e. The van der Waals surface area contributed by atoms with Crippen molar-refractivity contribution in [1.82, 2.24) is 0 Å². The van der Waals surface area contributed by atoms with Gasteiger partial charge >= 0.3 is 0 Å². The highest BCUT2D eigenvalue weighted by Gasteiger charge is 2.37. The Hall–Kier alpha value is -5.98. The fourth-order valence-electron chi connectivity index (χ4n) is 10.3. The van der Waals surface area contributed by atoms with Gasteiger partial charge in [0.2, 0.25) is 0 Å². The first-order valence-corrected chi connectivity index (χ1v) is 20.2. The van der Waals surface area contributed by atoms with Gasteiger partial charge in [0.1, 0.15) is 0 Å². The highest BCUT2D eigenvalue weighted by molar-refractivity contribution is 6.24. The van der Waals surface area contributed by atoms with Gasteiger partial charge in [-0.1, -0.05) is 164 Å². The molecule has 0 bridgehead atoms. The minimum absolute atomic E-state index is 0.0145. The average molecular weight is 719 g/mol. The molecule has 0 aromatic heterocycles. The van der Waals surface area contributed by atoms with Gasteiger partial charge in [0, 0.05) is 10.8 Å². The van der Waals surface area contributed by atoms with Crippen LogP contribution in [0.15, 0.2) is 152 Å². The molecule has 0 unspecified atom stereocenters. The molecule has 270 valence electrons. The summed E-state index contributed by atoms with van der Waals surface area (Å²) in [6.45, 7) is 16.4. The van der Waals surface area contributed by atoms with Gasteiger partial charge in [-0.05, 0) is 158 Å². The van der Waals surface area contributed by atoms with E-state index in [-0.39, 0.29) is 16.2 Å². The van der Waals surface area contributed by atoms with Gasteiger partial charge in [0.05, 0.1) is 0 Å². The third-order valence-corrected chi connectivity index (χ3v) is 13.5. The van der Waals surface area contributed by atoms with Gasteiger partial charge in [-0.15, -0.1) is 0 Å². The molecule has 9 aromatic rings. The van der Waals surface area contributed by atoms with Gasteiger partial charge in [-0.3, -0.25) is 0 Å². The van der Waals surface area contributed by atoms with Crippen molar-refractivity contribution >= 4 is 32.3 Å². The fourth-order valence-corrected chi connectivity index (χ4v) is 10.3. The lowest BCUT2D eigenvalue weighted by atomic mass is 9.80. The van der Waals surface area contributed by atoms with Gasteiger partial charge in [0.25, 0.3) is 0 Å². The molecule has 0 nitrogen and oxygen atoms in total. The molecule has 0 N–H and O–H groups in total. The SMILES string of the molecule is CC(C)(C)c1cc2ccc3cc(-c4cccc(-c5ccc6c(c5)C(C)(C)c5cc(-c7ccc8c(c7)C(C)(C)c7ccccc7-8)ccc5-6)c4)cc4ccc(c1)c2c34. The van der Waals surface area contributed by atoms with E-state index in [0.29, 0.717) is 0 Å². The zero-order valence-corrected chi connectivity index (χ0v) is 33.4. The van der Waals surface area contributed by atoms with Crippen molar-refractivity contribution in [2.75, 3.05) is 0 Å². The number of rotatable bonds is 3. The predicted octanol–water partition coefficient (Wildman–Crippen LogP) is 15.5. The molecule has 56 heavy (non-hydrogen) atoms. The molecule has 0 saturated heterocycles. The van der Waals surface area contributed by atoms with Crippen LogP contribution < -0.4 is 0 Å². The Bertz CT molecular complexity index is 3040. The Labute approximate surface area is 330 Å². The van der Waals surface area contributed by atoms with Crippen molar-refractivity contribution in [1.29, 1.82) is 0 Å². The summed E-state index contributed by atoms with van der Waals surface area (Å²) in [7, 11) is 0. The number of fused-ring (bicyclic) bond motifs is 6. The highest BCUT2D eigenvalue weighted by atomic mass is 14.4. The molecule has 2 aliphatic carbocycles. The first-order valence-electron chi connectivity index (χ1n) is 20.2. The minimum atomic E-state index is -0.122. The van der Waals surface area contributed by atoms with Crippen molar-refractivity contribution < 1.29 is 0 Å². The standard InChI is InChI=1S/C56H46/c1-54(2,3)43-28-40-17-15-38-26-42(27-39-16-18-41(29-43)53(40)52(38)39)34-12-10-11-33(25-34)35-19-23-46-47-24-21-37(32-51(47)56(6,7)50(46)30-35)36-20-22-45-44-13-8-9-14-48(44)55(4,5)49(45)31-36/h8-32H,1-7H3. The summed E-state index contributed by atoms with van der Waals surface area (Å²) in [5.74, 6) is 0. The van der Waals surface area contributed by atoms with E-state index in [1.54, 1.807) is 0 Å². The third-order valence-electron chi connectivity index (χ3n) is 13.5. The van der Waals surface area contributed by atoms with Crippen LogP contribution >= 0.6 is 0 Å². The van der Waals surface area contributed by atoms with Crippen LogP contribution in [-0.4, -0.2) is 0 Å². The number of hydrogen-bond acceptors (Lipinski definition) is 0. The van der Waals surface area contributed by atoms with Gasteiger partial charge in [-0.25, -0.2) is 0 Å². The van der Waals surface area contributed by atoms with Crippen LogP contribution in [0.2, 0.25) is 0 Å². The molecule has 0 heteroatoms. The van der Waals surface area contributed by atoms with Crippen LogP contribution in [0.4, 0.5) is 0 Å². The molecular formula is C56H46. The molecule has 0 aliphatic heterocycles. The summed E-state index contributed by atoms with van der Waals surface area (Å²) in [4.78, 5) is 0. The summed E-state index contributed by atoms with van der Waals surface area (Å²) < 4.78 is 0. The van der Waals surface area contributed by atoms with E-state index in [9.17, 15) is 0 Å². The highest BCUT2D eigenvalue weighted by Crippen LogP contribution is 2.53. The molecule has 0 amide bonds. The van der Waals surface area contributed by atoms with Crippen LogP contribution in [0, 0.1) is 0 Å². The largest absolute Gasteiger partial charge is 0.0619 e. The first-order chi connectivity index (χ1) is 26.9. The molecule has 9 aromatic carbocycles. The topological polar surface area (TPSA) is 0 Å². The monoisotopic (exact) mass is 718 g/mol. The Morgan fingerprint density at radius 3 is 1.20 bits per heavy atom. The van der Waals surface area contributed by atoms with Gasteiger partial charge < -0.3 is 0 Å². The summed E-state index contributed by atoms with van der Waals surface area (Å²) in [5.41, 5.74) is 20.0. The third kappa shape index (κ3) is 4.72. The maximum absolute atomic E-state index is 2.46. The van der Waals surface area contributed by atoms with E-state index in [4.69, 9.17) is 0 Å². The second kappa shape index (κ2) is 11.3. The molecule has 11 rings (SSSR count). The Morgan fingerprint density at radius 2 is 0.714 bits per heavy atom. The smallest absolute Gasteiger partial charge is 0.0159 e. The van der Waals surface area contributed by atoms with E-state index in [0.717, 1.165) is 0 Å². The first kappa shape index (κ1) is 33.4. The molecular weight excluding hydrogens is 673 g/mol. The van der Waals surface area contributed by atoms with Crippen molar-refractivity contribution in [2.24, 2.45) is 0 Å². The summed E-state index contributed by atoms with van der Waals surface area (Å²) in [6, 6.07) is 58.3. The number of hydrogen-bond donors (Lipinski definition) is 0. The summed E-state index contributed by atoms with van der Waals surface area (Å²) in [6.07, 6.45) is 0. The van der Waals surface area contributed by atoms with Crippen LogP contribution in [0.1, 0.15) is 76.3 Å². The van der Waals surface area contributed by atoms with Crippen molar-refractivity contribution in [2.45, 2.75) is 64.7 Å². The molecule has 0 radical (unpaired) electrons. The van der Waals surface area contributed by atoms with E-state index in [1.165, 1.54) is 116 Å². The van der Waals surface area contributed by atoms with Crippen molar-refractivity contribution in [3.8, 4) is 55.6 Å². The Kier molecular flexibility index (Phi) is 6.73. The van der Waals surface area contributed by atoms with E-state index in [1.807, 2.05) is 0 Å². The number of benzene rings is 9. The normalized spacial score (nSPS) is 15.0. The molecule has 0 fully saturated rings. The lowest BCUT2D eigenvalue weighted by molar-refractivity contribution is 0.591. The summed E-state index contributed by atoms with van der Waals surface area (Å²) in [5, 5.41) is 8.01. The molecule has 0 heterocycles. The van der Waals surface area contributed by atoms with E-state index in [2.05, 4.69) is 200 Å². The predicted molar refractivity (Wildman–Crippen MR) is 240 cm³/mol. The van der Waals surface area contributed by atoms with Crippen LogP contribution in [0.25, 0.3) is 88.0 Å². The zero-order valence-electron chi connectivity index (χ0n) is 33.4. The van der Waals surface area contributed by atoms with Crippen LogP contribution in [0.5, 0.6) is 0 Å². The van der Waals surface area contributed by atoms with Gasteiger partial charge in [-0.2, -0.15) is 0 Å². The van der Waals surface area contributed by atoms with Crippen LogP contribution in [0.3, 0.4) is 0 Å². The Balaban J connectivity index is 0.940. The molecule has 0 saturated carbocycles. The second-order valence-corrected chi connectivity index (χ2v) is 18.6. The van der Waals surface area contributed by atoms with E-state index >= 15 is 0 Å². The van der Waals surface area contributed by atoms with Crippen molar-refractivity contribution in [3.05, 3.63) is 179 Å². The zero-order chi connectivity index (χ0) is 38.3. The maximum Gasteiger partial charge on any atom is 0.0159 e. The fraction of sp³-hybridized carbons (Fsp3) is 0.179. The summed E-state index contributed by atoms with van der Waals surface area (Å²) >= 11 is 0. The Morgan fingerprint density at radius 1 is 0.321 bits per heavy atom. The second-order valence-electron chi connectivity index (χ2n) is 18.6. The quantitative estimate of drug-likeness (QED) is 0.160. The molecule has 2 aliphatic rings. The lowest BCUT2D eigenvalue weighted by Gasteiger charge is -2.23. The van der Waals surface area contributed by atoms with Crippen molar-refractivity contribution in [3.63, 3.8) is 0 Å². The van der Waals surface area contributed by atoms with Gasteiger partial charge in [0.15, 0.2) is 0 Å².